The van der Waals surface area contributed by atoms with Crippen LogP contribution in [-0.2, 0) is 11.2 Å². The third kappa shape index (κ3) is 3.19. The molecule has 0 aliphatic heterocycles. The molecule has 0 radical (unpaired) electrons. The molecular weight excluding hydrogens is 218 g/mol. The Labute approximate surface area is 102 Å². The van der Waals surface area contributed by atoms with Gasteiger partial charge in [-0.1, -0.05) is 13.8 Å². The molecule has 1 unspecified atom stereocenters. The van der Waals surface area contributed by atoms with Crippen LogP contribution in [0.5, 0.6) is 11.5 Å². The van der Waals surface area contributed by atoms with E-state index in [1.165, 1.54) is 0 Å². The van der Waals surface area contributed by atoms with Crippen LogP contribution in [0.15, 0.2) is 12.3 Å². The van der Waals surface area contributed by atoms with Crippen molar-refractivity contribution < 1.29 is 14.3 Å². The van der Waals surface area contributed by atoms with Gasteiger partial charge in [0.15, 0.2) is 11.5 Å². The molecule has 0 saturated carbocycles. The molecule has 1 aromatic rings. The van der Waals surface area contributed by atoms with Gasteiger partial charge in [-0.25, -0.2) is 0 Å². The number of rotatable bonds is 6. The van der Waals surface area contributed by atoms with Crippen molar-refractivity contribution in [3.05, 3.63) is 18.0 Å². The van der Waals surface area contributed by atoms with Gasteiger partial charge >= 0.3 is 0 Å². The predicted octanol–water partition coefficient (Wildman–Crippen LogP) is 2.26. The lowest BCUT2D eigenvalue weighted by atomic mass is 9.98. The minimum Gasteiger partial charge on any atom is -0.493 e. The minimum absolute atomic E-state index is 0.0477. The number of hydrogen-bond acceptors (Lipinski definition) is 4. The van der Waals surface area contributed by atoms with Crippen LogP contribution in [0.4, 0.5) is 0 Å². The second kappa shape index (κ2) is 6.23. The summed E-state index contributed by atoms with van der Waals surface area (Å²) in [5.74, 6) is 1.45. The number of hydrogen-bond donors (Lipinski definition) is 0. The smallest absolute Gasteiger partial charge is 0.182 e. The molecule has 0 aromatic carbocycles. The van der Waals surface area contributed by atoms with Gasteiger partial charge in [-0.05, 0) is 0 Å². The van der Waals surface area contributed by atoms with Crippen molar-refractivity contribution in [2.45, 2.75) is 26.7 Å². The molecule has 0 N–H and O–H groups in total. The Bertz CT molecular complexity index is 390. The third-order valence-corrected chi connectivity index (χ3v) is 2.76. The zero-order valence-electron chi connectivity index (χ0n) is 10.8. The number of carbonyl (C=O) groups excluding carboxylic acids is 1. The monoisotopic (exact) mass is 237 g/mol. The van der Waals surface area contributed by atoms with Gasteiger partial charge in [0.2, 0.25) is 0 Å². The van der Waals surface area contributed by atoms with Crippen molar-refractivity contribution in [2.75, 3.05) is 14.2 Å². The van der Waals surface area contributed by atoms with E-state index < -0.39 is 0 Å². The Balaban J connectivity index is 2.94. The van der Waals surface area contributed by atoms with Crippen LogP contribution in [0.3, 0.4) is 0 Å². The maximum Gasteiger partial charge on any atom is 0.182 e. The van der Waals surface area contributed by atoms with Crippen LogP contribution in [0, 0.1) is 5.92 Å². The van der Waals surface area contributed by atoms with E-state index in [9.17, 15) is 4.79 Å². The van der Waals surface area contributed by atoms with Crippen molar-refractivity contribution in [1.29, 1.82) is 0 Å². The zero-order chi connectivity index (χ0) is 12.8. The minimum atomic E-state index is -0.0477. The maximum atomic E-state index is 11.6. The molecule has 0 bridgehead atoms. The third-order valence-electron chi connectivity index (χ3n) is 2.76. The highest BCUT2D eigenvalue weighted by Crippen LogP contribution is 2.30. The number of methoxy groups -OCH3 is 2. The molecule has 94 valence electrons. The zero-order valence-corrected chi connectivity index (χ0v) is 10.8. The van der Waals surface area contributed by atoms with E-state index in [-0.39, 0.29) is 11.7 Å². The second-order valence-corrected chi connectivity index (χ2v) is 3.92. The fraction of sp³-hybridized carbons (Fsp3) is 0.538. The van der Waals surface area contributed by atoms with Gasteiger partial charge in [0, 0.05) is 31.0 Å². The summed E-state index contributed by atoms with van der Waals surface area (Å²) in [7, 11) is 3.16. The van der Waals surface area contributed by atoms with E-state index >= 15 is 0 Å². The Morgan fingerprint density at radius 3 is 2.65 bits per heavy atom. The maximum absolute atomic E-state index is 11.6. The van der Waals surface area contributed by atoms with E-state index in [0.29, 0.717) is 24.3 Å². The number of carbonyl (C=O) groups is 1. The number of aromatic nitrogens is 1. The molecular formula is C13H19NO3. The van der Waals surface area contributed by atoms with E-state index in [1.807, 2.05) is 13.8 Å². The fourth-order valence-electron chi connectivity index (χ4n) is 1.75. The molecule has 0 spiro atoms. The summed E-state index contributed by atoms with van der Waals surface area (Å²) in [5, 5.41) is 0. The summed E-state index contributed by atoms with van der Waals surface area (Å²) in [6.07, 6.45) is 2.79. The second-order valence-electron chi connectivity index (χ2n) is 3.92. The predicted molar refractivity (Wildman–Crippen MR) is 65.5 cm³/mol. The van der Waals surface area contributed by atoms with Gasteiger partial charge in [-0.2, -0.15) is 0 Å². The number of Topliss-reactive ketones (excluding diaryl/α,β-unsaturated/α-hetero) is 1. The van der Waals surface area contributed by atoms with E-state index in [4.69, 9.17) is 9.47 Å². The van der Waals surface area contributed by atoms with Crippen LogP contribution in [0.2, 0.25) is 0 Å². The molecule has 1 atom stereocenters. The van der Waals surface area contributed by atoms with Crippen molar-refractivity contribution in [3.63, 3.8) is 0 Å². The SMILES string of the molecule is CCC(=O)C(C)Cc1nccc(OC)c1OC. The normalized spacial score (nSPS) is 12.0. The van der Waals surface area contributed by atoms with E-state index in [0.717, 1.165) is 5.69 Å². The van der Waals surface area contributed by atoms with Crippen LogP contribution >= 0.6 is 0 Å². The molecule has 1 aromatic heterocycles. The topological polar surface area (TPSA) is 48.4 Å². The lowest BCUT2D eigenvalue weighted by Gasteiger charge is -2.14. The number of pyridine rings is 1. The van der Waals surface area contributed by atoms with Crippen LogP contribution in [0.25, 0.3) is 0 Å². The molecule has 0 aliphatic rings. The summed E-state index contributed by atoms with van der Waals surface area (Å²) in [6, 6.07) is 1.74. The highest BCUT2D eigenvalue weighted by atomic mass is 16.5. The summed E-state index contributed by atoms with van der Waals surface area (Å²) in [5.41, 5.74) is 0.765. The molecule has 0 aliphatic carbocycles. The average Bonchev–Trinajstić information content (AvgIpc) is 2.37. The van der Waals surface area contributed by atoms with Gasteiger partial charge in [0.1, 0.15) is 5.78 Å². The number of ketones is 1. The van der Waals surface area contributed by atoms with Gasteiger partial charge in [0.25, 0.3) is 0 Å². The molecule has 1 heterocycles. The van der Waals surface area contributed by atoms with Crippen LogP contribution in [0.1, 0.15) is 26.0 Å². The molecule has 0 amide bonds. The highest BCUT2D eigenvalue weighted by molar-refractivity contribution is 5.80. The van der Waals surface area contributed by atoms with Crippen molar-refractivity contribution in [2.24, 2.45) is 5.92 Å². The number of ether oxygens (including phenoxy) is 2. The van der Waals surface area contributed by atoms with E-state index in [2.05, 4.69) is 4.98 Å². The molecule has 1 rings (SSSR count). The summed E-state index contributed by atoms with van der Waals surface area (Å²) in [6.45, 7) is 3.78. The summed E-state index contributed by atoms with van der Waals surface area (Å²) < 4.78 is 10.5. The Kier molecular flexibility index (Phi) is 4.94. The standard InChI is InChI=1S/C13H19NO3/c1-5-11(15)9(2)8-10-13(17-4)12(16-3)6-7-14-10/h6-7,9H,5,8H2,1-4H3. The molecule has 0 saturated heterocycles. The van der Waals surface area contributed by atoms with Crippen molar-refractivity contribution >= 4 is 5.78 Å². The molecule has 4 heteroatoms. The number of nitrogens with zero attached hydrogens (tertiary/aromatic N) is 1. The first kappa shape index (κ1) is 13.5. The first-order valence-corrected chi connectivity index (χ1v) is 5.72. The lowest BCUT2D eigenvalue weighted by molar-refractivity contribution is -0.122. The quantitative estimate of drug-likeness (QED) is 0.761. The first-order valence-electron chi connectivity index (χ1n) is 5.72. The van der Waals surface area contributed by atoms with Gasteiger partial charge < -0.3 is 9.47 Å². The Hall–Kier alpha value is -1.58. The average molecular weight is 237 g/mol. The van der Waals surface area contributed by atoms with Gasteiger partial charge in [-0.15, -0.1) is 0 Å². The molecule has 4 nitrogen and oxygen atoms in total. The van der Waals surface area contributed by atoms with Gasteiger partial charge in [-0.3, -0.25) is 9.78 Å². The van der Waals surface area contributed by atoms with Crippen LogP contribution in [-0.4, -0.2) is 25.0 Å². The Morgan fingerprint density at radius 2 is 2.12 bits per heavy atom. The van der Waals surface area contributed by atoms with Gasteiger partial charge in [0.05, 0.1) is 19.9 Å². The fourth-order valence-corrected chi connectivity index (χ4v) is 1.75. The lowest BCUT2D eigenvalue weighted by Crippen LogP contribution is -2.14. The summed E-state index contributed by atoms with van der Waals surface area (Å²) >= 11 is 0. The Morgan fingerprint density at radius 1 is 1.41 bits per heavy atom. The van der Waals surface area contributed by atoms with Crippen molar-refractivity contribution in [3.8, 4) is 11.5 Å². The van der Waals surface area contributed by atoms with E-state index in [1.54, 1.807) is 26.5 Å². The summed E-state index contributed by atoms with van der Waals surface area (Å²) in [4.78, 5) is 15.8. The largest absolute Gasteiger partial charge is 0.493 e. The molecule has 17 heavy (non-hydrogen) atoms. The van der Waals surface area contributed by atoms with Crippen LogP contribution < -0.4 is 9.47 Å². The van der Waals surface area contributed by atoms with Crippen molar-refractivity contribution in [1.82, 2.24) is 4.98 Å². The molecule has 0 fully saturated rings. The highest BCUT2D eigenvalue weighted by Gasteiger charge is 2.17. The first-order chi connectivity index (χ1) is 8.13.